The summed E-state index contributed by atoms with van der Waals surface area (Å²) in [5.74, 6) is -0.482. The summed E-state index contributed by atoms with van der Waals surface area (Å²) in [6, 6.07) is 4.41. The number of aryl methyl sites for hydroxylation is 1. The number of halogens is 4. The number of hydrogen-bond acceptors (Lipinski definition) is 3. The van der Waals surface area contributed by atoms with E-state index in [1.807, 2.05) is 0 Å². The fourth-order valence-electron chi connectivity index (χ4n) is 2.61. The smallest absolute Gasteiger partial charge is 0.267 e. The molecule has 0 radical (unpaired) electrons. The van der Waals surface area contributed by atoms with Gasteiger partial charge < -0.3 is 0 Å². The number of aromatic nitrogens is 2. The Morgan fingerprint density at radius 3 is 2.54 bits per heavy atom. The van der Waals surface area contributed by atoms with Crippen molar-refractivity contribution in [3.8, 4) is 0 Å². The predicted octanol–water partition coefficient (Wildman–Crippen LogP) is 3.21. The van der Waals surface area contributed by atoms with E-state index in [1.54, 1.807) is 0 Å². The molecule has 0 aliphatic heterocycles. The zero-order valence-corrected chi connectivity index (χ0v) is 14.7. The van der Waals surface area contributed by atoms with Gasteiger partial charge in [-0.3, -0.25) is 4.68 Å². The van der Waals surface area contributed by atoms with Gasteiger partial charge in [0, 0.05) is 18.2 Å². The van der Waals surface area contributed by atoms with Crippen LogP contribution in [0.3, 0.4) is 0 Å². The monoisotopic (exact) mass is 391 g/mol. The van der Waals surface area contributed by atoms with Gasteiger partial charge in [0.1, 0.15) is 5.82 Å². The van der Waals surface area contributed by atoms with Crippen molar-refractivity contribution in [1.82, 2.24) is 14.5 Å². The first-order valence-electron chi connectivity index (χ1n) is 7.99. The summed E-state index contributed by atoms with van der Waals surface area (Å²) in [6.45, 7) is 1.29. The Morgan fingerprint density at radius 2 is 1.96 bits per heavy atom. The Bertz CT molecular complexity index is 918. The number of benzene rings is 1. The van der Waals surface area contributed by atoms with E-state index in [0.717, 1.165) is 31.0 Å². The molecule has 26 heavy (non-hydrogen) atoms. The van der Waals surface area contributed by atoms with Crippen molar-refractivity contribution in [2.45, 2.75) is 43.3 Å². The number of rotatable bonds is 6. The third-order valence-corrected chi connectivity index (χ3v) is 5.61. The van der Waals surface area contributed by atoms with E-state index in [-0.39, 0.29) is 29.5 Å². The first kappa shape index (κ1) is 18.8. The van der Waals surface area contributed by atoms with Crippen LogP contribution in [0.4, 0.5) is 17.6 Å². The second-order valence-corrected chi connectivity index (χ2v) is 8.03. The third-order valence-electron chi connectivity index (χ3n) is 4.15. The van der Waals surface area contributed by atoms with Crippen LogP contribution in [0.5, 0.6) is 0 Å². The number of nitrogens with one attached hydrogen (secondary N) is 1. The zero-order valence-electron chi connectivity index (χ0n) is 13.8. The summed E-state index contributed by atoms with van der Waals surface area (Å²) in [6.07, 6.45) is -2.95. The fraction of sp³-hybridized carbons (Fsp3) is 0.438. The van der Waals surface area contributed by atoms with E-state index in [4.69, 9.17) is 0 Å². The normalized spacial score (nSPS) is 15.4. The minimum absolute atomic E-state index is 0.0265. The predicted molar refractivity (Wildman–Crippen MR) is 85.5 cm³/mol. The molecule has 1 aromatic carbocycles. The van der Waals surface area contributed by atoms with Gasteiger partial charge in [-0.1, -0.05) is 0 Å². The molecule has 142 valence electrons. The molecular formula is C16H17F4N3O2S. The minimum Gasteiger partial charge on any atom is -0.267 e. The first-order chi connectivity index (χ1) is 12.1. The molecule has 2 aromatic rings. The lowest BCUT2D eigenvalue weighted by Gasteiger charge is -2.10. The van der Waals surface area contributed by atoms with Crippen LogP contribution >= 0.6 is 0 Å². The molecule has 0 saturated heterocycles. The second-order valence-electron chi connectivity index (χ2n) is 6.26. The molecular weight excluding hydrogens is 374 g/mol. The molecule has 3 rings (SSSR count). The van der Waals surface area contributed by atoms with Gasteiger partial charge in [-0.25, -0.2) is 17.5 Å². The fourth-order valence-corrected chi connectivity index (χ4v) is 3.72. The maximum Gasteiger partial charge on any atom is 0.435 e. The van der Waals surface area contributed by atoms with E-state index in [1.165, 1.54) is 17.7 Å². The quantitative estimate of drug-likeness (QED) is 0.770. The highest BCUT2D eigenvalue weighted by Gasteiger charge is 2.37. The van der Waals surface area contributed by atoms with E-state index in [0.29, 0.717) is 5.69 Å². The molecule has 5 nitrogen and oxygen atoms in total. The lowest BCUT2D eigenvalue weighted by atomic mass is 10.2. The Morgan fingerprint density at radius 1 is 1.27 bits per heavy atom. The van der Waals surface area contributed by atoms with Crippen molar-refractivity contribution in [2.75, 3.05) is 6.54 Å². The Hall–Kier alpha value is -1.94. The summed E-state index contributed by atoms with van der Waals surface area (Å²) < 4.78 is 79.8. The van der Waals surface area contributed by atoms with Gasteiger partial charge in [0.2, 0.25) is 10.0 Å². The van der Waals surface area contributed by atoms with E-state index in [9.17, 15) is 26.0 Å². The van der Waals surface area contributed by atoms with Gasteiger partial charge in [0.05, 0.1) is 11.4 Å². The van der Waals surface area contributed by atoms with Crippen molar-refractivity contribution in [1.29, 1.82) is 0 Å². The molecule has 1 N–H and O–H groups in total. The third kappa shape index (κ3) is 4.07. The Labute approximate surface area is 148 Å². The molecule has 1 aromatic heterocycles. The zero-order chi connectivity index (χ0) is 19.1. The van der Waals surface area contributed by atoms with Crippen molar-refractivity contribution < 1.29 is 26.0 Å². The van der Waals surface area contributed by atoms with Crippen LogP contribution in [0.2, 0.25) is 0 Å². The molecule has 1 aliphatic carbocycles. The summed E-state index contributed by atoms with van der Waals surface area (Å²) in [4.78, 5) is -0.102. The Balaban J connectivity index is 1.71. The van der Waals surface area contributed by atoms with Crippen LogP contribution < -0.4 is 4.72 Å². The van der Waals surface area contributed by atoms with E-state index in [2.05, 4.69) is 9.82 Å². The van der Waals surface area contributed by atoms with Gasteiger partial charge in [0.15, 0.2) is 5.69 Å². The SMILES string of the molecule is Cc1cc(S(=O)(=O)NCCn2nc(C(F)(F)F)cc2C2CC2)ccc1F. The van der Waals surface area contributed by atoms with Crippen LogP contribution in [-0.2, 0) is 22.7 Å². The van der Waals surface area contributed by atoms with Gasteiger partial charge in [-0.2, -0.15) is 18.3 Å². The highest BCUT2D eigenvalue weighted by atomic mass is 32.2. The van der Waals surface area contributed by atoms with Gasteiger partial charge >= 0.3 is 6.18 Å². The summed E-state index contributed by atoms with van der Waals surface area (Å²) in [5.41, 5.74) is -0.323. The molecule has 0 unspecified atom stereocenters. The van der Waals surface area contributed by atoms with E-state index < -0.39 is 27.7 Å². The van der Waals surface area contributed by atoms with Crippen LogP contribution in [0.15, 0.2) is 29.2 Å². The Kier molecular flexibility index (Phi) is 4.82. The van der Waals surface area contributed by atoms with Crippen LogP contribution in [0.25, 0.3) is 0 Å². The van der Waals surface area contributed by atoms with Crippen LogP contribution in [-0.4, -0.2) is 24.7 Å². The number of alkyl halides is 3. The molecule has 0 amide bonds. The highest BCUT2D eigenvalue weighted by molar-refractivity contribution is 7.89. The second kappa shape index (κ2) is 6.66. The topological polar surface area (TPSA) is 64.0 Å². The van der Waals surface area contributed by atoms with Crippen LogP contribution in [0.1, 0.15) is 35.7 Å². The molecule has 0 atom stereocenters. The standard InChI is InChI=1S/C16H17F4N3O2S/c1-10-8-12(4-5-13(10)17)26(24,25)21-6-7-23-14(11-2-3-11)9-15(22-23)16(18,19)20/h4-5,8-9,11,21H,2-3,6-7H2,1H3. The summed E-state index contributed by atoms with van der Waals surface area (Å²) >= 11 is 0. The molecule has 0 bridgehead atoms. The average Bonchev–Trinajstić information content (AvgIpc) is 3.29. The maximum absolute atomic E-state index is 13.3. The largest absolute Gasteiger partial charge is 0.435 e. The average molecular weight is 391 g/mol. The molecule has 1 saturated carbocycles. The summed E-state index contributed by atoms with van der Waals surface area (Å²) in [7, 11) is -3.89. The minimum atomic E-state index is -4.54. The molecule has 1 aliphatic rings. The number of sulfonamides is 1. The van der Waals surface area contributed by atoms with E-state index >= 15 is 0 Å². The number of nitrogens with zero attached hydrogens (tertiary/aromatic N) is 2. The summed E-state index contributed by atoms with van der Waals surface area (Å²) in [5, 5.41) is 3.57. The lowest BCUT2D eigenvalue weighted by Crippen LogP contribution is -2.28. The molecule has 10 heteroatoms. The van der Waals surface area contributed by atoms with Crippen molar-refractivity contribution in [2.24, 2.45) is 0 Å². The molecule has 0 spiro atoms. The van der Waals surface area contributed by atoms with Crippen molar-refractivity contribution >= 4 is 10.0 Å². The number of hydrogen-bond donors (Lipinski definition) is 1. The lowest BCUT2D eigenvalue weighted by molar-refractivity contribution is -0.141. The van der Waals surface area contributed by atoms with Gasteiger partial charge in [0.25, 0.3) is 0 Å². The molecule has 1 fully saturated rings. The first-order valence-corrected chi connectivity index (χ1v) is 9.47. The molecule has 1 heterocycles. The van der Waals surface area contributed by atoms with Crippen molar-refractivity contribution in [3.05, 3.63) is 47.0 Å². The van der Waals surface area contributed by atoms with Crippen molar-refractivity contribution in [3.63, 3.8) is 0 Å². The van der Waals surface area contributed by atoms with Gasteiger partial charge in [-0.15, -0.1) is 0 Å². The maximum atomic E-state index is 13.3. The highest BCUT2D eigenvalue weighted by Crippen LogP contribution is 2.42. The van der Waals surface area contributed by atoms with Crippen LogP contribution in [0, 0.1) is 12.7 Å². The van der Waals surface area contributed by atoms with Gasteiger partial charge in [-0.05, 0) is 49.6 Å².